The van der Waals surface area contributed by atoms with E-state index in [1.807, 2.05) is 12.1 Å². The average molecular weight is 494 g/mol. The standard InChI is InChI=1S/C21H24BrN3O4S/c22-16-4-6-17(7-5-16)24-21(27)13-14-23-20(26)12-3-15-1-10-19(11-2-15)30(28,29)25-18-8-9-18/h1-2,4-7,10-11,18,25H,3,8-9,12-14H2,(H,23,26)(H,24,27). The van der Waals surface area contributed by atoms with Gasteiger partial charge in [-0.2, -0.15) is 0 Å². The molecule has 0 heterocycles. The fraction of sp³-hybridized carbons (Fsp3) is 0.333. The Balaban J connectivity index is 1.36. The van der Waals surface area contributed by atoms with E-state index < -0.39 is 10.0 Å². The Morgan fingerprint density at radius 3 is 2.23 bits per heavy atom. The Bertz CT molecular complexity index is 988. The molecular weight excluding hydrogens is 470 g/mol. The maximum Gasteiger partial charge on any atom is 0.240 e. The molecule has 9 heteroatoms. The summed E-state index contributed by atoms with van der Waals surface area (Å²) in [6, 6.07) is 13.9. The lowest BCUT2D eigenvalue weighted by Gasteiger charge is -2.08. The van der Waals surface area contributed by atoms with Crippen molar-refractivity contribution in [3.05, 3.63) is 58.6 Å². The van der Waals surface area contributed by atoms with Crippen LogP contribution in [0.15, 0.2) is 57.9 Å². The predicted molar refractivity (Wildman–Crippen MR) is 119 cm³/mol. The molecule has 0 atom stereocenters. The molecule has 1 fully saturated rings. The molecule has 0 radical (unpaired) electrons. The summed E-state index contributed by atoms with van der Waals surface area (Å²) in [6.45, 7) is 0.255. The highest BCUT2D eigenvalue weighted by Crippen LogP contribution is 2.22. The van der Waals surface area contributed by atoms with Crippen molar-refractivity contribution >= 4 is 43.5 Å². The van der Waals surface area contributed by atoms with Gasteiger partial charge in [-0.15, -0.1) is 0 Å². The van der Waals surface area contributed by atoms with Gasteiger partial charge < -0.3 is 10.6 Å². The first-order valence-corrected chi connectivity index (χ1v) is 12.0. The number of benzene rings is 2. The lowest BCUT2D eigenvalue weighted by molar-refractivity contribution is -0.121. The molecular formula is C21H24BrN3O4S. The summed E-state index contributed by atoms with van der Waals surface area (Å²) in [5.41, 5.74) is 1.58. The lowest BCUT2D eigenvalue weighted by Crippen LogP contribution is -2.27. The number of carbonyl (C=O) groups is 2. The Labute approximate surface area is 184 Å². The molecule has 1 aliphatic rings. The van der Waals surface area contributed by atoms with Gasteiger partial charge >= 0.3 is 0 Å². The zero-order chi connectivity index (χ0) is 21.6. The smallest absolute Gasteiger partial charge is 0.240 e. The SMILES string of the molecule is O=C(CCc1ccc(S(=O)(=O)NC2CC2)cc1)NCCC(=O)Nc1ccc(Br)cc1. The van der Waals surface area contributed by atoms with E-state index in [0.717, 1.165) is 22.9 Å². The first-order chi connectivity index (χ1) is 14.3. The predicted octanol–water partition coefficient (Wildman–Crippen LogP) is 2.97. The molecule has 0 unspecified atom stereocenters. The van der Waals surface area contributed by atoms with Gasteiger partial charge in [0, 0.05) is 35.6 Å². The maximum atomic E-state index is 12.2. The number of halogens is 1. The summed E-state index contributed by atoms with van der Waals surface area (Å²) in [6.07, 6.45) is 2.72. The first-order valence-electron chi connectivity index (χ1n) is 9.75. The minimum atomic E-state index is -3.46. The van der Waals surface area contributed by atoms with E-state index in [2.05, 4.69) is 31.3 Å². The second kappa shape index (κ2) is 10.2. The van der Waals surface area contributed by atoms with Crippen molar-refractivity contribution in [1.29, 1.82) is 0 Å². The number of aryl methyl sites for hydroxylation is 1. The normalized spacial score (nSPS) is 13.6. The van der Waals surface area contributed by atoms with Gasteiger partial charge in [-0.3, -0.25) is 9.59 Å². The molecule has 2 aromatic rings. The minimum Gasteiger partial charge on any atom is -0.356 e. The van der Waals surface area contributed by atoms with E-state index >= 15 is 0 Å². The monoisotopic (exact) mass is 493 g/mol. The number of anilines is 1. The van der Waals surface area contributed by atoms with E-state index in [0.29, 0.717) is 12.1 Å². The van der Waals surface area contributed by atoms with Gasteiger partial charge in [0.05, 0.1) is 4.90 Å². The Kier molecular flexibility index (Phi) is 7.63. The molecule has 160 valence electrons. The topological polar surface area (TPSA) is 104 Å². The summed E-state index contributed by atoms with van der Waals surface area (Å²) < 4.78 is 27.9. The number of rotatable bonds is 10. The van der Waals surface area contributed by atoms with Crippen LogP contribution < -0.4 is 15.4 Å². The molecule has 3 N–H and O–H groups in total. The second-order valence-electron chi connectivity index (χ2n) is 7.19. The van der Waals surface area contributed by atoms with Crippen molar-refractivity contribution in [2.75, 3.05) is 11.9 Å². The summed E-state index contributed by atoms with van der Waals surface area (Å²) in [5, 5.41) is 5.50. The Morgan fingerprint density at radius 2 is 1.60 bits per heavy atom. The third-order valence-electron chi connectivity index (χ3n) is 4.58. The summed E-state index contributed by atoms with van der Waals surface area (Å²) in [5.74, 6) is -0.326. The summed E-state index contributed by atoms with van der Waals surface area (Å²) in [7, 11) is -3.46. The Hall–Kier alpha value is -2.23. The molecule has 2 aromatic carbocycles. The quantitative estimate of drug-likeness (QED) is 0.473. The van der Waals surface area contributed by atoms with Crippen LogP contribution in [0.1, 0.15) is 31.2 Å². The fourth-order valence-electron chi connectivity index (χ4n) is 2.74. The minimum absolute atomic E-state index is 0.0651. The second-order valence-corrected chi connectivity index (χ2v) is 9.82. The number of amides is 2. The average Bonchev–Trinajstić information content (AvgIpc) is 3.52. The Morgan fingerprint density at radius 1 is 0.933 bits per heavy atom. The molecule has 2 amide bonds. The van der Waals surface area contributed by atoms with Crippen LogP contribution in [-0.4, -0.2) is 32.8 Å². The summed E-state index contributed by atoms with van der Waals surface area (Å²) in [4.78, 5) is 24.1. The number of sulfonamides is 1. The molecule has 0 saturated heterocycles. The van der Waals surface area contributed by atoms with Gasteiger partial charge in [0.15, 0.2) is 0 Å². The zero-order valence-electron chi connectivity index (χ0n) is 16.4. The summed E-state index contributed by atoms with van der Waals surface area (Å²) >= 11 is 3.33. The van der Waals surface area contributed by atoms with Gasteiger partial charge in [0.25, 0.3) is 0 Å². The van der Waals surface area contributed by atoms with Crippen LogP contribution in [0.2, 0.25) is 0 Å². The van der Waals surface area contributed by atoms with Crippen LogP contribution >= 0.6 is 15.9 Å². The van der Waals surface area contributed by atoms with Crippen molar-refractivity contribution in [1.82, 2.24) is 10.0 Å². The van der Waals surface area contributed by atoms with Crippen LogP contribution in [0.5, 0.6) is 0 Å². The van der Waals surface area contributed by atoms with E-state index in [1.54, 1.807) is 36.4 Å². The zero-order valence-corrected chi connectivity index (χ0v) is 18.8. The molecule has 0 spiro atoms. The van der Waals surface area contributed by atoms with E-state index in [9.17, 15) is 18.0 Å². The van der Waals surface area contributed by atoms with Crippen LogP contribution in [-0.2, 0) is 26.0 Å². The third kappa shape index (κ3) is 7.23. The highest BCUT2D eigenvalue weighted by Gasteiger charge is 2.27. The van der Waals surface area contributed by atoms with Crippen LogP contribution in [0, 0.1) is 0 Å². The maximum absolute atomic E-state index is 12.2. The molecule has 1 saturated carbocycles. The molecule has 0 aliphatic heterocycles. The molecule has 1 aliphatic carbocycles. The van der Waals surface area contributed by atoms with Gasteiger partial charge in [0.2, 0.25) is 21.8 Å². The highest BCUT2D eigenvalue weighted by atomic mass is 79.9. The number of carbonyl (C=O) groups excluding carboxylic acids is 2. The fourth-order valence-corrected chi connectivity index (χ4v) is 4.31. The van der Waals surface area contributed by atoms with Crippen molar-refractivity contribution in [3.63, 3.8) is 0 Å². The molecule has 3 rings (SSSR count). The van der Waals surface area contributed by atoms with Crippen LogP contribution in [0.25, 0.3) is 0 Å². The molecule has 0 aromatic heterocycles. The van der Waals surface area contributed by atoms with E-state index in [-0.39, 0.29) is 42.1 Å². The number of nitrogens with one attached hydrogen (secondary N) is 3. The van der Waals surface area contributed by atoms with Crippen molar-refractivity contribution in [3.8, 4) is 0 Å². The molecule has 30 heavy (non-hydrogen) atoms. The van der Waals surface area contributed by atoms with Crippen LogP contribution in [0.4, 0.5) is 5.69 Å². The van der Waals surface area contributed by atoms with Crippen LogP contribution in [0.3, 0.4) is 0 Å². The van der Waals surface area contributed by atoms with Gasteiger partial charge in [-0.1, -0.05) is 28.1 Å². The lowest BCUT2D eigenvalue weighted by atomic mass is 10.1. The largest absolute Gasteiger partial charge is 0.356 e. The van der Waals surface area contributed by atoms with Crippen molar-refractivity contribution < 1.29 is 18.0 Å². The first kappa shape index (κ1) is 22.5. The number of hydrogen-bond acceptors (Lipinski definition) is 4. The van der Waals surface area contributed by atoms with Crippen molar-refractivity contribution in [2.24, 2.45) is 0 Å². The molecule has 0 bridgehead atoms. The third-order valence-corrected chi connectivity index (χ3v) is 6.64. The molecule has 7 nitrogen and oxygen atoms in total. The van der Waals surface area contributed by atoms with Gasteiger partial charge in [0.1, 0.15) is 0 Å². The van der Waals surface area contributed by atoms with Gasteiger partial charge in [-0.25, -0.2) is 13.1 Å². The van der Waals surface area contributed by atoms with E-state index in [4.69, 9.17) is 0 Å². The highest BCUT2D eigenvalue weighted by molar-refractivity contribution is 9.10. The van der Waals surface area contributed by atoms with Crippen molar-refractivity contribution in [2.45, 2.75) is 43.0 Å². The van der Waals surface area contributed by atoms with E-state index in [1.165, 1.54) is 0 Å². The van der Waals surface area contributed by atoms with Gasteiger partial charge in [-0.05, 0) is 61.2 Å². The number of hydrogen-bond donors (Lipinski definition) is 3.